The monoisotopic (exact) mass is 423 g/mol. The number of carbonyl (C=O) groups excluding carboxylic acids is 1. The lowest BCUT2D eigenvalue weighted by atomic mass is 9.91. The Bertz CT molecular complexity index is 1030. The summed E-state index contributed by atoms with van der Waals surface area (Å²) in [4.78, 5) is 21.0. The summed E-state index contributed by atoms with van der Waals surface area (Å²) in [5, 5.41) is 16.6. The van der Waals surface area contributed by atoms with Crippen molar-refractivity contribution in [3.63, 3.8) is 0 Å². The van der Waals surface area contributed by atoms with Crippen LogP contribution in [-0.4, -0.2) is 38.0 Å². The van der Waals surface area contributed by atoms with Gasteiger partial charge in [-0.15, -0.1) is 10.2 Å². The summed E-state index contributed by atoms with van der Waals surface area (Å²) in [7, 11) is 0. The van der Waals surface area contributed by atoms with E-state index in [1.165, 1.54) is 6.92 Å². The van der Waals surface area contributed by atoms with E-state index < -0.39 is 0 Å². The number of carbonyl (C=O) groups is 1. The summed E-state index contributed by atoms with van der Waals surface area (Å²) in [5.41, 5.74) is 8.49. The van der Waals surface area contributed by atoms with Gasteiger partial charge in [-0.1, -0.05) is 24.2 Å². The van der Waals surface area contributed by atoms with Gasteiger partial charge in [-0.05, 0) is 51.0 Å². The molecular formula is C21H25N7OS. The first kappa shape index (κ1) is 20.4. The van der Waals surface area contributed by atoms with Crippen molar-refractivity contribution >= 4 is 34.6 Å². The van der Waals surface area contributed by atoms with E-state index in [0.717, 1.165) is 46.9 Å². The van der Waals surface area contributed by atoms with Crippen molar-refractivity contribution < 1.29 is 4.79 Å². The first-order valence-corrected chi connectivity index (χ1v) is 10.9. The Morgan fingerprint density at radius 3 is 2.60 bits per heavy atom. The predicted octanol–water partition coefficient (Wildman–Crippen LogP) is 3.93. The zero-order chi connectivity index (χ0) is 21.1. The lowest BCUT2D eigenvalue weighted by Crippen LogP contribution is -2.43. The van der Waals surface area contributed by atoms with Crippen molar-refractivity contribution in [1.82, 2.24) is 20.2 Å². The minimum absolute atomic E-state index is 0.0859. The highest BCUT2D eigenvalue weighted by Gasteiger charge is 2.23. The number of hydrogen-bond donors (Lipinski definition) is 3. The van der Waals surface area contributed by atoms with Crippen LogP contribution in [0.5, 0.6) is 0 Å². The zero-order valence-electron chi connectivity index (χ0n) is 17.1. The maximum absolute atomic E-state index is 12.1. The number of ketones is 1. The average Bonchev–Trinajstić information content (AvgIpc) is 3.17. The van der Waals surface area contributed by atoms with Crippen LogP contribution in [0.3, 0.4) is 0 Å². The van der Waals surface area contributed by atoms with Crippen LogP contribution in [0.4, 0.5) is 17.5 Å². The third-order valence-corrected chi connectivity index (χ3v) is 6.11. The summed E-state index contributed by atoms with van der Waals surface area (Å²) in [6.45, 7) is 3.44. The highest BCUT2D eigenvalue weighted by atomic mass is 32.1. The van der Waals surface area contributed by atoms with Gasteiger partial charge < -0.3 is 16.4 Å². The maximum Gasteiger partial charge on any atom is 0.224 e. The number of aryl methyl sites for hydroxylation is 1. The molecule has 0 radical (unpaired) electrons. The molecule has 3 aromatic rings. The molecule has 156 valence electrons. The van der Waals surface area contributed by atoms with Crippen LogP contribution in [-0.2, 0) is 0 Å². The van der Waals surface area contributed by atoms with Gasteiger partial charge in [-0.25, -0.2) is 4.98 Å². The third-order valence-electron chi connectivity index (χ3n) is 5.22. The molecule has 30 heavy (non-hydrogen) atoms. The van der Waals surface area contributed by atoms with E-state index in [1.807, 2.05) is 31.2 Å². The quantitative estimate of drug-likeness (QED) is 0.510. The second-order valence-corrected chi connectivity index (χ2v) is 8.72. The highest BCUT2D eigenvalue weighted by Crippen LogP contribution is 2.27. The number of rotatable bonds is 6. The molecule has 2 heterocycles. The first-order valence-electron chi connectivity index (χ1n) is 10.1. The molecular weight excluding hydrogens is 398 g/mol. The third kappa shape index (κ3) is 4.63. The lowest BCUT2D eigenvalue weighted by Gasteiger charge is -2.29. The van der Waals surface area contributed by atoms with E-state index >= 15 is 0 Å². The van der Waals surface area contributed by atoms with Crippen molar-refractivity contribution in [2.45, 2.75) is 51.6 Å². The fourth-order valence-corrected chi connectivity index (χ4v) is 4.25. The smallest absolute Gasteiger partial charge is 0.224 e. The van der Waals surface area contributed by atoms with Gasteiger partial charge in [-0.2, -0.15) is 4.98 Å². The molecule has 2 atom stereocenters. The van der Waals surface area contributed by atoms with Crippen molar-refractivity contribution in [3.05, 3.63) is 41.0 Å². The van der Waals surface area contributed by atoms with Crippen molar-refractivity contribution in [3.8, 4) is 10.6 Å². The Kier molecular flexibility index (Phi) is 6.01. The van der Waals surface area contributed by atoms with Gasteiger partial charge >= 0.3 is 0 Å². The van der Waals surface area contributed by atoms with Gasteiger partial charge in [0, 0.05) is 29.5 Å². The van der Waals surface area contributed by atoms with Crippen molar-refractivity contribution in [1.29, 1.82) is 0 Å². The number of nitrogens with zero attached hydrogens (tertiary/aromatic N) is 4. The SMILES string of the molecule is CC(=O)c1cnc(N[C@@H]2CCCC[C@@H]2N)nc1Nc1ccc(-c2nnc(C)s2)cc1. The van der Waals surface area contributed by atoms with Crippen LogP contribution in [0.1, 0.15) is 48.0 Å². The molecule has 1 aromatic carbocycles. The maximum atomic E-state index is 12.1. The molecule has 0 unspecified atom stereocenters. The van der Waals surface area contributed by atoms with E-state index in [2.05, 4.69) is 30.8 Å². The van der Waals surface area contributed by atoms with Gasteiger partial charge in [0.2, 0.25) is 5.95 Å². The molecule has 1 aliphatic carbocycles. The van der Waals surface area contributed by atoms with Gasteiger partial charge in [0.25, 0.3) is 0 Å². The van der Waals surface area contributed by atoms with Crippen molar-refractivity contribution in [2.24, 2.45) is 5.73 Å². The summed E-state index contributed by atoms with van der Waals surface area (Å²) < 4.78 is 0. The standard InChI is InChI=1S/C21H25N7OS/c1-12(29)16-11-23-21(25-18-6-4-3-5-17(18)22)26-19(16)24-15-9-7-14(8-10-15)20-28-27-13(2)30-20/h7-11,17-18H,3-6,22H2,1-2H3,(H2,23,24,25,26)/t17-,18+/m0/s1. The van der Waals surface area contributed by atoms with Crippen LogP contribution >= 0.6 is 11.3 Å². The Balaban J connectivity index is 1.55. The number of aromatic nitrogens is 4. The fourth-order valence-electron chi connectivity index (χ4n) is 3.55. The van der Waals surface area contributed by atoms with Crippen molar-refractivity contribution in [2.75, 3.05) is 10.6 Å². The molecule has 0 aliphatic heterocycles. The topological polar surface area (TPSA) is 119 Å². The van der Waals surface area contributed by atoms with Crippen LogP contribution in [0.2, 0.25) is 0 Å². The van der Waals surface area contributed by atoms with E-state index in [0.29, 0.717) is 17.3 Å². The Labute approximate surface area is 179 Å². The van der Waals surface area contributed by atoms with Gasteiger partial charge in [0.05, 0.1) is 5.56 Å². The molecule has 1 aliphatic rings. The Morgan fingerprint density at radius 1 is 1.17 bits per heavy atom. The molecule has 4 N–H and O–H groups in total. The number of nitrogens with one attached hydrogen (secondary N) is 2. The van der Waals surface area contributed by atoms with Crippen LogP contribution < -0.4 is 16.4 Å². The molecule has 8 nitrogen and oxygen atoms in total. The van der Waals surface area contributed by atoms with Gasteiger partial charge in [-0.3, -0.25) is 4.79 Å². The molecule has 1 saturated carbocycles. The van der Waals surface area contributed by atoms with Crippen LogP contribution in [0.25, 0.3) is 10.6 Å². The number of nitrogens with two attached hydrogens (primary N) is 1. The number of anilines is 3. The summed E-state index contributed by atoms with van der Waals surface area (Å²) >= 11 is 1.55. The van der Waals surface area contributed by atoms with E-state index in [-0.39, 0.29) is 17.9 Å². The summed E-state index contributed by atoms with van der Waals surface area (Å²) in [6, 6.07) is 8.03. The number of Topliss-reactive ketones (excluding diaryl/α,β-unsaturated/α-hetero) is 1. The average molecular weight is 424 g/mol. The molecule has 0 spiro atoms. The number of benzene rings is 1. The molecule has 0 amide bonds. The molecule has 0 bridgehead atoms. The van der Waals surface area contributed by atoms with E-state index in [9.17, 15) is 4.79 Å². The Hall–Kier alpha value is -2.91. The number of hydrogen-bond acceptors (Lipinski definition) is 9. The molecule has 9 heteroatoms. The van der Waals surface area contributed by atoms with E-state index in [1.54, 1.807) is 17.5 Å². The Morgan fingerprint density at radius 2 is 1.93 bits per heavy atom. The first-order chi connectivity index (χ1) is 14.5. The highest BCUT2D eigenvalue weighted by molar-refractivity contribution is 7.14. The summed E-state index contributed by atoms with van der Waals surface area (Å²) in [5.74, 6) is 0.856. The molecule has 0 saturated heterocycles. The lowest BCUT2D eigenvalue weighted by molar-refractivity contribution is 0.101. The predicted molar refractivity (Wildman–Crippen MR) is 119 cm³/mol. The minimum Gasteiger partial charge on any atom is -0.350 e. The molecule has 4 rings (SSSR count). The normalized spacial score (nSPS) is 18.8. The minimum atomic E-state index is -0.0978. The van der Waals surface area contributed by atoms with Gasteiger partial charge in [0.1, 0.15) is 15.8 Å². The van der Waals surface area contributed by atoms with E-state index in [4.69, 9.17) is 5.73 Å². The molecule has 2 aromatic heterocycles. The molecule has 1 fully saturated rings. The summed E-state index contributed by atoms with van der Waals surface area (Å²) in [6.07, 6.45) is 5.85. The largest absolute Gasteiger partial charge is 0.350 e. The fraction of sp³-hybridized carbons (Fsp3) is 0.381. The zero-order valence-corrected chi connectivity index (χ0v) is 17.9. The second-order valence-electron chi connectivity index (χ2n) is 7.54. The van der Waals surface area contributed by atoms with Crippen LogP contribution in [0, 0.1) is 6.92 Å². The van der Waals surface area contributed by atoms with Gasteiger partial charge in [0.15, 0.2) is 5.78 Å². The van der Waals surface area contributed by atoms with Crippen LogP contribution in [0.15, 0.2) is 30.5 Å². The second kappa shape index (κ2) is 8.85.